The highest BCUT2D eigenvalue weighted by molar-refractivity contribution is 7.89. The summed E-state index contributed by atoms with van der Waals surface area (Å²) in [4.78, 5) is 3.03. The van der Waals surface area contributed by atoms with Crippen LogP contribution in [0.15, 0.2) is 23.4 Å². The average Bonchev–Trinajstić information content (AvgIpc) is 2.73. The molecule has 0 amide bonds. The summed E-state index contributed by atoms with van der Waals surface area (Å²) in [6.45, 7) is 3.44. The predicted molar refractivity (Wildman–Crippen MR) is 57.0 cm³/mol. The predicted octanol–water partition coefficient (Wildman–Crippen LogP) is 0.0450. The lowest BCUT2D eigenvalue weighted by atomic mass is 10.0. The number of rotatable bonds is 3. The van der Waals surface area contributed by atoms with Gasteiger partial charge in [-0.3, -0.25) is 0 Å². The van der Waals surface area contributed by atoms with Crippen LogP contribution in [0.2, 0.25) is 0 Å². The molecule has 84 valence electrons. The molecule has 0 bridgehead atoms. The molecule has 3 N–H and O–H groups in total. The second-order valence-corrected chi connectivity index (χ2v) is 5.82. The van der Waals surface area contributed by atoms with E-state index in [-0.39, 0.29) is 10.4 Å². The van der Waals surface area contributed by atoms with Crippen LogP contribution in [0, 0.1) is 0 Å². The minimum absolute atomic E-state index is 0.288. The van der Waals surface area contributed by atoms with Crippen LogP contribution in [0.1, 0.15) is 13.3 Å². The first-order chi connectivity index (χ1) is 7.02. The normalized spacial score (nSPS) is 27.0. The maximum absolute atomic E-state index is 11.9. The highest BCUT2D eigenvalue weighted by Gasteiger charge is 2.33. The van der Waals surface area contributed by atoms with Gasteiger partial charge in [0, 0.05) is 24.5 Å². The SMILES string of the molecule is CC1(NS(=O)(=O)c2cc[nH]c2)CCNC1. The molecule has 0 spiro atoms. The van der Waals surface area contributed by atoms with E-state index in [1.165, 1.54) is 6.20 Å². The molecule has 1 fully saturated rings. The highest BCUT2D eigenvalue weighted by Crippen LogP contribution is 2.17. The Labute approximate surface area is 89.3 Å². The number of aromatic nitrogens is 1. The van der Waals surface area contributed by atoms with Crippen molar-refractivity contribution in [3.8, 4) is 0 Å². The monoisotopic (exact) mass is 229 g/mol. The summed E-state index contributed by atoms with van der Waals surface area (Å²) >= 11 is 0. The second-order valence-electron chi connectivity index (χ2n) is 4.14. The molecule has 1 unspecified atom stereocenters. The van der Waals surface area contributed by atoms with Gasteiger partial charge in [-0.1, -0.05) is 0 Å². The summed E-state index contributed by atoms with van der Waals surface area (Å²) in [6.07, 6.45) is 3.90. The molecule has 1 aromatic heterocycles. The van der Waals surface area contributed by atoms with Crippen molar-refractivity contribution in [1.29, 1.82) is 0 Å². The van der Waals surface area contributed by atoms with E-state index in [0.717, 1.165) is 13.0 Å². The summed E-state index contributed by atoms with van der Waals surface area (Å²) in [6, 6.07) is 1.55. The Morgan fingerprint density at radius 3 is 2.87 bits per heavy atom. The standard InChI is InChI=1S/C9H15N3O2S/c1-9(3-5-11-7-9)12-15(13,14)8-2-4-10-6-8/h2,4,6,10-12H,3,5,7H2,1H3. The van der Waals surface area contributed by atoms with Crippen LogP contribution < -0.4 is 10.0 Å². The Morgan fingerprint density at radius 2 is 2.33 bits per heavy atom. The minimum Gasteiger partial charge on any atom is -0.366 e. The number of hydrogen-bond donors (Lipinski definition) is 3. The van der Waals surface area contributed by atoms with Crippen molar-refractivity contribution in [2.45, 2.75) is 23.8 Å². The number of H-pyrrole nitrogens is 1. The molecule has 1 saturated heterocycles. The Bertz CT molecular complexity index is 418. The number of nitrogens with one attached hydrogen (secondary N) is 3. The van der Waals surface area contributed by atoms with Gasteiger partial charge in [0.05, 0.1) is 4.90 Å². The molecule has 0 saturated carbocycles. The molecule has 2 rings (SSSR count). The quantitative estimate of drug-likeness (QED) is 0.685. The lowest BCUT2D eigenvalue weighted by Gasteiger charge is -2.23. The fraction of sp³-hybridized carbons (Fsp3) is 0.556. The molecule has 2 heterocycles. The molecule has 1 aliphatic rings. The zero-order valence-corrected chi connectivity index (χ0v) is 9.39. The largest absolute Gasteiger partial charge is 0.366 e. The van der Waals surface area contributed by atoms with Crippen LogP contribution in [0.5, 0.6) is 0 Å². The maximum Gasteiger partial charge on any atom is 0.242 e. The van der Waals surface area contributed by atoms with Crippen molar-refractivity contribution in [3.63, 3.8) is 0 Å². The van der Waals surface area contributed by atoms with Crippen molar-refractivity contribution >= 4 is 10.0 Å². The van der Waals surface area contributed by atoms with E-state index >= 15 is 0 Å². The van der Waals surface area contributed by atoms with Gasteiger partial charge in [0.1, 0.15) is 0 Å². The summed E-state index contributed by atoms with van der Waals surface area (Å²) in [7, 11) is -3.38. The van der Waals surface area contributed by atoms with Gasteiger partial charge in [-0.05, 0) is 26.0 Å². The smallest absolute Gasteiger partial charge is 0.242 e. The highest BCUT2D eigenvalue weighted by atomic mass is 32.2. The van der Waals surface area contributed by atoms with E-state index in [4.69, 9.17) is 0 Å². The summed E-state index contributed by atoms with van der Waals surface area (Å²) in [5.41, 5.74) is -0.365. The number of aromatic amines is 1. The molecule has 1 aliphatic heterocycles. The third kappa shape index (κ3) is 2.22. The molecule has 1 aromatic rings. The summed E-state index contributed by atoms with van der Waals surface area (Å²) in [5.74, 6) is 0. The van der Waals surface area contributed by atoms with Gasteiger partial charge in [-0.25, -0.2) is 13.1 Å². The van der Waals surface area contributed by atoms with Gasteiger partial charge in [-0.2, -0.15) is 0 Å². The van der Waals surface area contributed by atoms with Crippen molar-refractivity contribution in [2.24, 2.45) is 0 Å². The van der Waals surface area contributed by atoms with E-state index in [1.54, 1.807) is 12.3 Å². The minimum atomic E-state index is -3.38. The summed E-state index contributed by atoms with van der Waals surface area (Å²) in [5, 5.41) is 3.15. The molecular weight excluding hydrogens is 214 g/mol. The molecule has 1 atom stereocenters. The molecule has 0 aliphatic carbocycles. The van der Waals surface area contributed by atoms with E-state index in [0.29, 0.717) is 6.54 Å². The van der Waals surface area contributed by atoms with Crippen molar-refractivity contribution in [3.05, 3.63) is 18.5 Å². The molecule has 5 nitrogen and oxygen atoms in total. The molecule has 6 heteroatoms. The van der Waals surface area contributed by atoms with Gasteiger partial charge in [0.15, 0.2) is 0 Å². The van der Waals surface area contributed by atoms with Crippen LogP contribution in [-0.2, 0) is 10.0 Å². The van der Waals surface area contributed by atoms with Crippen molar-refractivity contribution in [2.75, 3.05) is 13.1 Å². The molecule has 0 aromatic carbocycles. The zero-order valence-electron chi connectivity index (χ0n) is 8.58. The van der Waals surface area contributed by atoms with Crippen LogP contribution in [-0.4, -0.2) is 32.0 Å². The first-order valence-electron chi connectivity index (χ1n) is 4.89. The number of hydrogen-bond acceptors (Lipinski definition) is 3. The van der Waals surface area contributed by atoms with Gasteiger partial charge in [0.25, 0.3) is 0 Å². The van der Waals surface area contributed by atoms with Crippen LogP contribution >= 0.6 is 0 Å². The third-order valence-electron chi connectivity index (χ3n) is 2.63. The second kappa shape index (κ2) is 3.62. The van der Waals surface area contributed by atoms with Gasteiger partial charge in [0.2, 0.25) is 10.0 Å². The lowest BCUT2D eigenvalue weighted by molar-refractivity contribution is 0.452. The van der Waals surface area contributed by atoms with E-state index in [1.807, 2.05) is 6.92 Å². The van der Waals surface area contributed by atoms with Crippen LogP contribution in [0.25, 0.3) is 0 Å². The lowest BCUT2D eigenvalue weighted by Crippen LogP contribution is -2.47. The van der Waals surface area contributed by atoms with Crippen LogP contribution in [0.4, 0.5) is 0 Å². The van der Waals surface area contributed by atoms with Gasteiger partial charge >= 0.3 is 0 Å². The maximum atomic E-state index is 11.9. The van der Waals surface area contributed by atoms with Crippen molar-refractivity contribution < 1.29 is 8.42 Å². The Balaban J connectivity index is 2.18. The van der Waals surface area contributed by atoms with E-state index < -0.39 is 10.0 Å². The van der Waals surface area contributed by atoms with Gasteiger partial charge < -0.3 is 10.3 Å². The molecular formula is C9H15N3O2S. The Kier molecular flexibility index (Phi) is 2.57. The molecule has 0 radical (unpaired) electrons. The number of sulfonamides is 1. The average molecular weight is 229 g/mol. The Morgan fingerprint density at radius 1 is 1.53 bits per heavy atom. The molecule has 15 heavy (non-hydrogen) atoms. The van der Waals surface area contributed by atoms with Crippen molar-refractivity contribution in [1.82, 2.24) is 15.0 Å². The Hall–Kier alpha value is -0.850. The first-order valence-corrected chi connectivity index (χ1v) is 6.38. The fourth-order valence-electron chi connectivity index (χ4n) is 1.76. The summed E-state index contributed by atoms with van der Waals surface area (Å²) < 4.78 is 26.5. The zero-order chi connectivity index (χ0) is 10.9. The van der Waals surface area contributed by atoms with Gasteiger partial charge in [-0.15, -0.1) is 0 Å². The van der Waals surface area contributed by atoms with E-state index in [9.17, 15) is 8.42 Å². The van der Waals surface area contributed by atoms with E-state index in [2.05, 4.69) is 15.0 Å². The fourth-order valence-corrected chi connectivity index (χ4v) is 3.17. The third-order valence-corrected chi connectivity index (χ3v) is 4.27. The topological polar surface area (TPSA) is 74.0 Å². The van der Waals surface area contributed by atoms with Crippen LogP contribution in [0.3, 0.4) is 0 Å². The first kappa shape index (κ1) is 10.7.